The summed E-state index contributed by atoms with van der Waals surface area (Å²) in [6, 6.07) is 1.96. The number of morpholine rings is 1. The molecule has 0 bridgehead atoms. The third-order valence-electron chi connectivity index (χ3n) is 5.78. The van der Waals surface area contributed by atoms with Gasteiger partial charge in [-0.1, -0.05) is 20.8 Å². The number of hydrazine groups is 1. The fourth-order valence-electron chi connectivity index (χ4n) is 3.82. The maximum Gasteiger partial charge on any atom is 0.279 e. The van der Waals surface area contributed by atoms with Crippen molar-refractivity contribution in [3.8, 4) is 0 Å². The van der Waals surface area contributed by atoms with E-state index in [4.69, 9.17) is 4.74 Å². The van der Waals surface area contributed by atoms with Gasteiger partial charge in [0.15, 0.2) is 0 Å². The molecule has 8 heteroatoms. The lowest BCUT2D eigenvalue weighted by Crippen LogP contribution is -2.43. The first-order valence-corrected chi connectivity index (χ1v) is 11.1. The molecule has 2 heterocycles. The molecule has 1 aliphatic heterocycles. The van der Waals surface area contributed by atoms with Crippen LogP contribution in [-0.4, -0.2) is 48.9 Å². The number of nitrogens with one attached hydrogen (secondary N) is 2. The summed E-state index contributed by atoms with van der Waals surface area (Å²) in [4.78, 5) is 40.1. The van der Waals surface area contributed by atoms with Crippen LogP contribution in [0.3, 0.4) is 0 Å². The summed E-state index contributed by atoms with van der Waals surface area (Å²) in [6.07, 6.45) is 3.32. The highest BCUT2D eigenvalue weighted by atomic mass is 32.1. The highest BCUT2D eigenvalue weighted by Crippen LogP contribution is 2.40. The zero-order chi connectivity index (χ0) is 21.0. The molecule has 1 saturated heterocycles. The van der Waals surface area contributed by atoms with Crippen LogP contribution in [0, 0.1) is 11.3 Å². The maximum atomic E-state index is 12.4. The van der Waals surface area contributed by atoms with Crippen molar-refractivity contribution in [2.24, 2.45) is 11.3 Å². The minimum atomic E-state index is -0.367. The number of carbonyl (C=O) groups excluding carboxylic acids is 3. The lowest BCUT2D eigenvalue weighted by Gasteiger charge is -2.33. The van der Waals surface area contributed by atoms with E-state index in [9.17, 15) is 14.4 Å². The standard InChI is InChI=1S/C21H31N3O4S/c1-21(2,3)15-4-5-16-14(12-15)13-17(29-16)20(27)23-22-18(25)6-7-19(26)24-8-10-28-11-9-24/h13,15H,4-12H2,1-3H3,(H,22,25)(H,23,27)/t15-/m1/s1. The number of amides is 3. The molecule has 1 aromatic heterocycles. The molecule has 3 rings (SSSR count). The Morgan fingerprint density at radius 2 is 1.90 bits per heavy atom. The average molecular weight is 422 g/mol. The molecule has 0 unspecified atom stereocenters. The van der Waals surface area contributed by atoms with E-state index in [1.165, 1.54) is 21.8 Å². The molecule has 0 saturated carbocycles. The quantitative estimate of drug-likeness (QED) is 0.731. The molecule has 0 spiro atoms. The molecule has 3 amide bonds. The Hall–Kier alpha value is -1.93. The van der Waals surface area contributed by atoms with Crippen LogP contribution >= 0.6 is 11.3 Å². The molecule has 1 aromatic rings. The van der Waals surface area contributed by atoms with Gasteiger partial charge in [-0.05, 0) is 42.2 Å². The first kappa shape index (κ1) is 21.8. The van der Waals surface area contributed by atoms with E-state index < -0.39 is 0 Å². The largest absolute Gasteiger partial charge is 0.378 e. The van der Waals surface area contributed by atoms with Crippen molar-refractivity contribution in [3.63, 3.8) is 0 Å². The minimum Gasteiger partial charge on any atom is -0.378 e. The summed E-state index contributed by atoms with van der Waals surface area (Å²) < 4.78 is 5.22. The number of fused-ring (bicyclic) bond motifs is 1. The Bertz CT molecular complexity index is 762. The van der Waals surface area contributed by atoms with Gasteiger partial charge in [-0.15, -0.1) is 11.3 Å². The Morgan fingerprint density at radius 1 is 1.17 bits per heavy atom. The number of thiophene rings is 1. The minimum absolute atomic E-state index is 0.0463. The lowest BCUT2D eigenvalue weighted by atomic mass is 9.72. The summed E-state index contributed by atoms with van der Waals surface area (Å²) in [6.45, 7) is 9.00. The number of hydrogen-bond acceptors (Lipinski definition) is 5. The van der Waals surface area contributed by atoms with Crippen LogP contribution in [-0.2, 0) is 27.2 Å². The second-order valence-electron chi connectivity index (χ2n) is 8.86. The number of aryl methyl sites for hydroxylation is 1. The second kappa shape index (κ2) is 9.26. The Labute approximate surface area is 176 Å². The van der Waals surface area contributed by atoms with E-state index in [1.54, 1.807) is 4.90 Å². The second-order valence-corrected chi connectivity index (χ2v) is 10.00. The van der Waals surface area contributed by atoms with Crippen LogP contribution in [0.1, 0.15) is 60.1 Å². The van der Waals surface area contributed by atoms with Crippen molar-refractivity contribution < 1.29 is 19.1 Å². The van der Waals surface area contributed by atoms with Gasteiger partial charge in [0.1, 0.15) is 0 Å². The van der Waals surface area contributed by atoms with Gasteiger partial charge in [0.05, 0.1) is 18.1 Å². The van der Waals surface area contributed by atoms with Gasteiger partial charge in [0, 0.05) is 30.8 Å². The molecular formula is C21H31N3O4S. The Balaban J connectivity index is 1.44. The Kier molecular flexibility index (Phi) is 6.95. The Morgan fingerprint density at radius 3 is 2.59 bits per heavy atom. The van der Waals surface area contributed by atoms with Crippen molar-refractivity contribution in [1.29, 1.82) is 0 Å². The third-order valence-corrected chi connectivity index (χ3v) is 7.01. The van der Waals surface area contributed by atoms with Gasteiger partial charge in [-0.3, -0.25) is 25.2 Å². The molecule has 29 heavy (non-hydrogen) atoms. The van der Waals surface area contributed by atoms with E-state index in [-0.39, 0.29) is 36.0 Å². The number of nitrogens with zero attached hydrogens (tertiary/aromatic N) is 1. The molecular weight excluding hydrogens is 390 g/mol. The van der Waals surface area contributed by atoms with Gasteiger partial charge in [0.25, 0.3) is 5.91 Å². The molecule has 160 valence electrons. The summed E-state index contributed by atoms with van der Waals surface area (Å²) in [5.41, 5.74) is 6.42. The van der Waals surface area contributed by atoms with Crippen LogP contribution in [0.5, 0.6) is 0 Å². The molecule has 0 radical (unpaired) electrons. The van der Waals surface area contributed by atoms with Crippen molar-refractivity contribution in [2.75, 3.05) is 26.3 Å². The number of ether oxygens (including phenoxy) is 1. The van der Waals surface area contributed by atoms with Crippen LogP contribution in [0.2, 0.25) is 0 Å². The van der Waals surface area contributed by atoms with Crippen molar-refractivity contribution in [1.82, 2.24) is 15.8 Å². The van der Waals surface area contributed by atoms with E-state index >= 15 is 0 Å². The molecule has 1 fully saturated rings. The van der Waals surface area contributed by atoms with Gasteiger partial charge in [-0.2, -0.15) is 0 Å². The smallest absolute Gasteiger partial charge is 0.279 e. The van der Waals surface area contributed by atoms with Crippen LogP contribution in [0.25, 0.3) is 0 Å². The van der Waals surface area contributed by atoms with E-state index in [1.807, 2.05) is 6.07 Å². The van der Waals surface area contributed by atoms with Crippen molar-refractivity contribution in [2.45, 2.75) is 52.9 Å². The zero-order valence-electron chi connectivity index (χ0n) is 17.5. The fourth-order valence-corrected chi connectivity index (χ4v) is 4.92. The highest BCUT2D eigenvalue weighted by Gasteiger charge is 2.30. The van der Waals surface area contributed by atoms with Crippen molar-refractivity contribution >= 4 is 29.1 Å². The topological polar surface area (TPSA) is 87.7 Å². The fraction of sp³-hybridized carbons (Fsp3) is 0.667. The summed E-state index contributed by atoms with van der Waals surface area (Å²) in [5.74, 6) is -0.114. The zero-order valence-corrected chi connectivity index (χ0v) is 18.3. The molecule has 2 aliphatic rings. The molecule has 2 N–H and O–H groups in total. The summed E-state index contributed by atoms with van der Waals surface area (Å²) in [7, 11) is 0. The third kappa shape index (κ3) is 5.79. The first-order valence-electron chi connectivity index (χ1n) is 10.3. The predicted molar refractivity (Wildman–Crippen MR) is 112 cm³/mol. The molecule has 0 aromatic carbocycles. The first-order chi connectivity index (χ1) is 13.7. The number of carbonyl (C=O) groups is 3. The predicted octanol–water partition coefficient (Wildman–Crippen LogP) is 2.30. The van der Waals surface area contributed by atoms with E-state index in [2.05, 4.69) is 31.6 Å². The maximum absolute atomic E-state index is 12.4. The monoisotopic (exact) mass is 421 g/mol. The SMILES string of the molecule is CC(C)(C)[C@@H]1CCc2sc(C(=O)NNC(=O)CCC(=O)N3CCOCC3)cc2C1. The van der Waals surface area contributed by atoms with E-state index in [0.717, 1.165) is 19.3 Å². The summed E-state index contributed by atoms with van der Waals surface area (Å²) in [5, 5.41) is 0. The molecule has 1 aliphatic carbocycles. The van der Waals surface area contributed by atoms with Gasteiger partial charge < -0.3 is 9.64 Å². The normalized spacial score (nSPS) is 19.4. The number of hydrogen-bond donors (Lipinski definition) is 2. The van der Waals surface area contributed by atoms with Crippen LogP contribution in [0.15, 0.2) is 6.07 Å². The lowest BCUT2D eigenvalue weighted by molar-refractivity contribution is -0.137. The van der Waals surface area contributed by atoms with Gasteiger partial charge >= 0.3 is 0 Å². The van der Waals surface area contributed by atoms with E-state index in [0.29, 0.717) is 37.1 Å². The van der Waals surface area contributed by atoms with Crippen LogP contribution < -0.4 is 10.9 Å². The van der Waals surface area contributed by atoms with Crippen molar-refractivity contribution in [3.05, 3.63) is 21.4 Å². The average Bonchev–Trinajstić information content (AvgIpc) is 3.13. The van der Waals surface area contributed by atoms with Gasteiger partial charge in [0.2, 0.25) is 11.8 Å². The molecule has 1 atom stereocenters. The highest BCUT2D eigenvalue weighted by molar-refractivity contribution is 7.14. The van der Waals surface area contributed by atoms with Gasteiger partial charge in [-0.25, -0.2) is 0 Å². The molecule has 7 nitrogen and oxygen atoms in total. The number of rotatable bonds is 4. The summed E-state index contributed by atoms with van der Waals surface area (Å²) >= 11 is 1.51. The van der Waals surface area contributed by atoms with Crippen LogP contribution in [0.4, 0.5) is 0 Å².